The topological polar surface area (TPSA) is 24.5 Å². The summed E-state index contributed by atoms with van der Waals surface area (Å²) in [6.07, 6.45) is 1.35. The lowest BCUT2D eigenvalue weighted by Crippen LogP contribution is -2.32. The largest absolute Gasteiger partial charge is 0.492 e. The molecule has 2 atom stereocenters. The molecule has 0 radical (unpaired) electrons. The molecule has 92 valence electrons. The summed E-state index contributed by atoms with van der Waals surface area (Å²) >= 11 is 0. The minimum absolute atomic E-state index is 0.742. The van der Waals surface area contributed by atoms with Crippen LogP contribution in [-0.4, -0.2) is 43.7 Å². The summed E-state index contributed by atoms with van der Waals surface area (Å²) < 4.78 is 5.73. The molecule has 3 nitrogen and oxygen atoms in total. The van der Waals surface area contributed by atoms with Gasteiger partial charge < -0.3 is 10.1 Å². The van der Waals surface area contributed by atoms with E-state index in [9.17, 15) is 0 Å². The smallest absolute Gasteiger partial charge is 0.119 e. The van der Waals surface area contributed by atoms with Crippen molar-refractivity contribution in [2.75, 3.05) is 32.8 Å². The molecule has 2 aliphatic rings. The quantitative estimate of drug-likeness (QED) is 0.848. The molecule has 0 spiro atoms. The monoisotopic (exact) mass is 232 g/mol. The molecule has 3 rings (SSSR count). The molecule has 3 heteroatoms. The maximum Gasteiger partial charge on any atom is 0.119 e. The van der Waals surface area contributed by atoms with E-state index in [1.165, 1.54) is 26.1 Å². The fourth-order valence-electron chi connectivity index (χ4n) is 2.93. The van der Waals surface area contributed by atoms with Gasteiger partial charge in [0.1, 0.15) is 12.4 Å². The molecule has 0 amide bonds. The summed E-state index contributed by atoms with van der Waals surface area (Å²) in [5.74, 6) is 1.86. The van der Waals surface area contributed by atoms with Crippen LogP contribution in [0.4, 0.5) is 0 Å². The minimum Gasteiger partial charge on any atom is -0.492 e. The molecule has 2 heterocycles. The fourth-order valence-corrected chi connectivity index (χ4v) is 2.93. The number of likely N-dealkylation sites (tertiary alicyclic amines) is 1. The van der Waals surface area contributed by atoms with Crippen molar-refractivity contribution >= 4 is 0 Å². The van der Waals surface area contributed by atoms with Crippen molar-refractivity contribution in [2.24, 2.45) is 5.92 Å². The van der Waals surface area contributed by atoms with Crippen molar-refractivity contribution in [1.29, 1.82) is 0 Å². The van der Waals surface area contributed by atoms with E-state index in [0.717, 1.165) is 30.9 Å². The second kappa shape index (κ2) is 5.07. The number of benzene rings is 1. The molecule has 1 N–H and O–H groups in total. The second-order valence-corrected chi connectivity index (χ2v) is 5.03. The summed E-state index contributed by atoms with van der Waals surface area (Å²) in [5, 5.41) is 3.57. The molecule has 2 aliphatic heterocycles. The lowest BCUT2D eigenvalue weighted by molar-refractivity contribution is 0.229. The molecule has 2 fully saturated rings. The Bertz CT molecular complexity index is 342. The van der Waals surface area contributed by atoms with Gasteiger partial charge in [0.15, 0.2) is 0 Å². The van der Waals surface area contributed by atoms with Crippen LogP contribution in [0.25, 0.3) is 0 Å². The maximum atomic E-state index is 5.73. The summed E-state index contributed by atoms with van der Waals surface area (Å²) in [7, 11) is 0. The van der Waals surface area contributed by atoms with Crippen molar-refractivity contribution in [1.82, 2.24) is 10.2 Å². The zero-order chi connectivity index (χ0) is 11.5. The Morgan fingerprint density at radius 3 is 2.94 bits per heavy atom. The van der Waals surface area contributed by atoms with Crippen molar-refractivity contribution in [3.8, 4) is 5.75 Å². The predicted octanol–water partition coefficient (Wildman–Crippen LogP) is 1.36. The summed E-state index contributed by atoms with van der Waals surface area (Å²) in [6.45, 7) is 5.50. The molecule has 1 aromatic carbocycles. The van der Waals surface area contributed by atoms with Crippen molar-refractivity contribution < 1.29 is 4.74 Å². The highest BCUT2D eigenvalue weighted by molar-refractivity contribution is 5.20. The van der Waals surface area contributed by atoms with Gasteiger partial charge in [-0.25, -0.2) is 0 Å². The fraction of sp³-hybridized carbons (Fsp3) is 0.571. The highest BCUT2D eigenvalue weighted by Crippen LogP contribution is 2.24. The number of nitrogens with one attached hydrogen (secondary N) is 1. The summed E-state index contributed by atoms with van der Waals surface area (Å²) in [6, 6.07) is 10.8. The van der Waals surface area contributed by atoms with Crippen LogP contribution in [0.2, 0.25) is 0 Å². The zero-order valence-corrected chi connectivity index (χ0v) is 10.1. The Balaban J connectivity index is 1.41. The highest BCUT2D eigenvalue weighted by atomic mass is 16.5. The Morgan fingerprint density at radius 2 is 2.12 bits per heavy atom. The van der Waals surface area contributed by atoms with E-state index in [2.05, 4.69) is 10.2 Å². The zero-order valence-electron chi connectivity index (χ0n) is 10.1. The predicted molar refractivity (Wildman–Crippen MR) is 68.3 cm³/mol. The van der Waals surface area contributed by atoms with Crippen LogP contribution in [0.1, 0.15) is 6.42 Å². The maximum absolute atomic E-state index is 5.73. The van der Waals surface area contributed by atoms with E-state index in [-0.39, 0.29) is 0 Å². The van der Waals surface area contributed by atoms with E-state index < -0.39 is 0 Å². The van der Waals surface area contributed by atoms with Crippen LogP contribution in [0.15, 0.2) is 30.3 Å². The van der Waals surface area contributed by atoms with Gasteiger partial charge in [-0.05, 0) is 31.0 Å². The van der Waals surface area contributed by atoms with Gasteiger partial charge in [0, 0.05) is 25.7 Å². The van der Waals surface area contributed by atoms with Gasteiger partial charge in [0.2, 0.25) is 0 Å². The van der Waals surface area contributed by atoms with E-state index in [0.29, 0.717) is 0 Å². The highest BCUT2D eigenvalue weighted by Gasteiger charge is 2.35. The van der Waals surface area contributed by atoms with Gasteiger partial charge >= 0.3 is 0 Å². The van der Waals surface area contributed by atoms with E-state index >= 15 is 0 Å². The van der Waals surface area contributed by atoms with Gasteiger partial charge in [-0.15, -0.1) is 0 Å². The van der Waals surface area contributed by atoms with Gasteiger partial charge in [-0.2, -0.15) is 0 Å². The van der Waals surface area contributed by atoms with E-state index in [1.54, 1.807) is 0 Å². The summed E-state index contributed by atoms with van der Waals surface area (Å²) in [4.78, 5) is 2.52. The van der Waals surface area contributed by atoms with Crippen LogP contribution in [0.3, 0.4) is 0 Å². The van der Waals surface area contributed by atoms with Crippen LogP contribution in [0.5, 0.6) is 5.75 Å². The van der Waals surface area contributed by atoms with E-state index in [1.807, 2.05) is 30.3 Å². The third-order valence-electron chi connectivity index (χ3n) is 3.86. The van der Waals surface area contributed by atoms with Gasteiger partial charge in [0.05, 0.1) is 0 Å². The molecule has 0 saturated carbocycles. The first kappa shape index (κ1) is 11.1. The van der Waals surface area contributed by atoms with Crippen LogP contribution >= 0.6 is 0 Å². The van der Waals surface area contributed by atoms with Crippen LogP contribution in [0, 0.1) is 5.92 Å². The SMILES string of the molecule is c1ccc(OCCN2C[C@@H]3CCN[C@@H]3C2)cc1. The number of nitrogens with zero attached hydrogens (tertiary/aromatic N) is 1. The Morgan fingerprint density at radius 1 is 1.24 bits per heavy atom. The standard InChI is InChI=1S/C14H20N2O/c1-2-4-13(5-3-1)17-9-8-16-10-12-6-7-15-14(12)11-16/h1-5,12,14-15H,6-11H2/t12-,14+/m0/s1. The minimum atomic E-state index is 0.742. The van der Waals surface area contributed by atoms with Crippen molar-refractivity contribution in [3.05, 3.63) is 30.3 Å². The number of para-hydroxylation sites is 1. The van der Waals surface area contributed by atoms with Crippen LogP contribution in [-0.2, 0) is 0 Å². The number of hydrogen-bond acceptors (Lipinski definition) is 3. The van der Waals surface area contributed by atoms with Gasteiger partial charge in [-0.1, -0.05) is 18.2 Å². The lowest BCUT2D eigenvalue weighted by atomic mass is 10.1. The summed E-state index contributed by atoms with van der Waals surface area (Å²) in [5.41, 5.74) is 0. The van der Waals surface area contributed by atoms with Gasteiger partial charge in [-0.3, -0.25) is 4.90 Å². The molecule has 2 saturated heterocycles. The first-order valence-corrected chi connectivity index (χ1v) is 6.55. The lowest BCUT2D eigenvalue weighted by Gasteiger charge is -2.16. The number of rotatable bonds is 4. The molecule has 17 heavy (non-hydrogen) atoms. The molecule has 0 bridgehead atoms. The Kier molecular flexibility index (Phi) is 3.29. The first-order valence-electron chi connectivity index (χ1n) is 6.55. The normalized spacial score (nSPS) is 28.2. The van der Waals surface area contributed by atoms with E-state index in [4.69, 9.17) is 4.74 Å². The molecule has 0 aromatic heterocycles. The van der Waals surface area contributed by atoms with Crippen molar-refractivity contribution in [3.63, 3.8) is 0 Å². The average Bonchev–Trinajstić information content (AvgIpc) is 2.91. The third kappa shape index (κ3) is 2.61. The third-order valence-corrected chi connectivity index (χ3v) is 3.86. The average molecular weight is 232 g/mol. The van der Waals surface area contributed by atoms with Crippen LogP contribution < -0.4 is 10.1 Å². The number of fused-ring (bicyclic) bond motifs is 1. The molecular formula is C14H20N2O. The second-order valence-electron chi connectivity index (χ2n) is 5.03. The number of ether oxygens (including phenoxy) is 1. The Hall–Kier alpha value is -1.06. The first-order chi connectivity index (χ1) is 8.42. The number of hydrogen-bond donors (Lipinski definition) is 1. The molecule has 0 aliphatic carbocycles. The molecular weight excluding hydrogens is 212 g/mol. The molecule has 1 aromatic rings. The van der Waals surface area contributed by atoms with Gasteiger partial charge in [0.25, 0.3) is 0 Å². The Labute approximate surface area is 103 Å². The molecule has 0 unspecified atom stereocenters. The van der Waals surface area contributed by atoms with Crippen molar-refractivity contribution in [2.45, 2.75) is 12.5 Å².